The van der Waals surface area contributed by atoms with Gasteiger partial charge in [0.05, 0.1) is 6.04 Å². The van der Waals surface area contributed by atoms with Crippen LogP contribution in [0.25, 0.3) is 10.9 Å². The lowest BCUT2D eigenvalue weighted by Gasteiger charge is -2.10. The van der Waals surface area contributed by atoms with E-state index < -0.39 is 12.5 Å². The molecule has 0 aliphatic rings. The number of rotatable bonds is 2. The van der Waals surface area contributed by atoms with Crippen LogP contribution in [0.2, 0.25) is 0 Å². The number of H-pyrrole nitrogens is 1. The summed E-state index contributed by atoms with van der Waals surface area (Å²) in [7, 11) is 0. The molecular formula is C10H11ClF2N2. The molecule has 5 heteroatoms. The van der Waals surface area contributed by atoms with Gasteiger partial charge >= 0.3 is 0 Å². The molecule has 0 unspecified atom stereocenters. The summed E-state index contributed by atoms with van der Waals surface area (Å²) in [5, 5.41) is 0.901. The van der Waals surface area contributed by atoms with Gasteiger partial charge in [-0.1, -0.05) is 6.07 Å². The van der Waals surface area contributed by atoms with Crippen LogP contribution in [0, 0.1) is 0 Å². The van der Waals surface area contributed by atoms with Crippen molar-refractivity contribution < 1.29 is 8.78 Å². The SMILES string of the molecule is Cl.N[C@H](c1ccc2[nH]ccc2c1)C(F)F. The molecule has 0 aliphatic carbocycles. The Morgan fingerprint density at radius 2 is 1.93 bits per heavy atom. The molecule has 0 saturated carbocycles. The molecule has 82 valence electrons. The molecule has 1 aromatic heterocycles. The highest BCUT2D eigenvalue weighted by molar-refractivity contribution is 5.85. The Labute approximate surface area is 91.9 Å². The number of hydrogen-bond acceptors (Lipinski definition) is 1. The lowest BCUT2D eigenvalue weighted by Crippen LogP contribution is -2.18. The normalized spacial score (nSPS) is 12.8. The van der Waals surface area contributed by atoms with Gasteiger partial charge in [0.15, 0.2) is 0 Å². The zero-order valence-electron chi connectivity index (χ0n) is 7.78. The van der Waals surface area contributed by atoms with Crippen molar-refractivity contribution in [3.8, 4) is 0 Å². The van der Waals surface area contributed by atoms with Gasteiger partial charge in [0.1, 0.15) is 0 Å². The molecule has 15 heavy (non-hydrogen) atoms. The molecule has 0 saturated heterocycles. The lowest BCUT2D eigenvalue weighted by atomic mass is 10.1. The van der Waals surface area contributed by atoms with Gasteiger partial charge in [0.25, 0.3) is 6.43 Å². The molecule has 0 bridgehead atoms. The van der Waals surface area contributed by atoms with Crippen molar-refractivity contribution in [3.63, 3.8) is 0 Å². The van der Waals surface area contributed by atoms with Crippen molar-refractivity contribution in [1.29, 1.82) is 0 Å². The van der Waals surface area contributed by atoms with E-state index in [9.17, 15) is 8.78 Å². The maximum Gasteiger partial charge on any atom is 0.257 e. The highest BCUT2D eigenvalue weighted by Crippen LogP contribution is 2.22. The molecule has 0 fully saturated rings. The van der Waals surface area contributed by atoms with Gasteiger partial charge in [-0.2, -0.15) is 0 Å². The fraction of sp³-hybridized carbons (Fsp3) is 0.200. The number of benzene rings is 1. The molecule has 3 N–H and O–H groups in total. The molecule has 0 radical (unpaired) electrons. The van der Waals surface area contributed by atoms with E-state index in [0.29, 0.717) is 5.56 Å². The number of nitrogens with two attached hydrogens (primary N) is 1. The summed E-state index contributed by atoms with van der Waals surface area (Å²) in [6.07, 6.45) is -0.756. The second-order valence-electron chi connectivity index (χ2n) is 3.18. The highest BCUT2D eigenvalue weighted by Gasteiger charge is 2.17. The van der Waals surface area contributed by atoms with E-state index in [1.54, 1.807) is 24.4 Å². The van der Waals surface area contributed by atoms with Gasteiger partial charge in [0, 0.05) is 11.7 Å². The molecule has 1 heterocycles. The van der Waals surface area contributed by atoms with Crippen molar-refractivity contribution >= 4 is 23.3 Å². The first-order chi connectivity index (χ1) is 6.68. The van der Waals surface area contributed by atoms with E-state index in [1.807, 2.05) is 6.07 Å². The molecule has 1 aromatic carbocycles. The number of alkyl halides is 2. The molecule has 2 aromatic rings. The standard InChI is InChI=1S/C10H10F2N2.ClH/c11-10(12)9(13)7-1-2-8-6(5-7)3-4-14-8;/h1-5,9-10,14H,13H2;1H/t9-;/m1./s1. The summed E-state index contributed by atoms with van der Waals surface area (Å²) in [6.45, 7) is 0. The van der Waals surface area contributed by atoms with Gasteiger partial charge in [-0.25, -0.2) is 8.78 Å². The predicted molar refractivity (Wildman–Crippen MR) is 58.5 cm³/mol. The van der Waals surface area contributed by atoms with Gasteiger partial charge in [0.2, 0.25) is 0 Å². The first-order valence-electron chi connectivity index (χ1n) is 4.29. The van der Waals surface area contributed by atoms with Gasteiger partial charge in [-0.05, 0) is 29.1 Å². The number of fused-ring (bicyclic) bond motifs is 1. The molecule has 2 nitrogen and oxygen atoms in total. The van der Waals surface area contributed by atoms with Crippen LogP contribution in [0.4, 0.5) is 8.78 Å². The monoisotopic (exact) mass is 232 g/mol. The third kappa shape index (κ3) is 2.27. The Balaban J connectivity index is 0.00000112. The number of hydrogen-bond donors (Lipinski definition) is 2. The Morgan fingerprint density at radius 3 is 2.60 bits per heavy atom. The summed E-state index contributed by atoms with van der Waals surface area (Å²) < 4.78 is 24.6. The minimum atomic E-state index is -2.52. The number of halogens is 3. The molecular weight excluding hydrogens is 222 g/mol. The van der Waals surface area contributed by atoms with E-state index in [-0.39, 0.29) is 12.4 Å². The number of nitrogens with one attached hydrogen (secondary N) is 1. The molecule has 0 spiro atoms. The number of aromatic nitrogens is 1. The summed E-state index contributed by atoms with van der Waals surface area (Å²) in [4.78, 5) is 2.99. The summed E-state index contributed by atoms with van der Waals surface area (Å²) in [5.41, 5.74) is 6.73. The molecule has 2 rings (SSSR count). The Hall–Kier alpha value is -1.13. The highest BCUT2D eigenvalue weighted by atomic mass is 35.5. The quantitative estimate of drug-likeness (QED) is 0.822. The van der Waals surface area contributed by atoms with Gasteiger partial charge in [-0.15, -0.1) is 12.4 Å². The third-order valence-electron chi connectivity index (χ3n) is 2.23. The van der Waals surface area contributed by atoms with Crippen molar-refractivity contribution in [1.82, 2.24) is 4.98 Å². The van der Waals surface area contributed by atoms with Crippen molar-refractivity contribution in [2.24, 2.45) is 5.73 Å². The van der Waals surface area contributed by atoms with E-state index in [2.05, 4.69) is 4.98 Å². The second kappa shape index (κ2) is 4.59. The van der Waals surface area contributed by atoms with Gasteiger partial charge in [-0.3, -0.25) is 0 Å². The summed E-state index contributed by atoms with van der Waals surface area (Å²) >= 11 is 0. The minimum Gasteiger partial charge on any atom is -0.361 e. The van der Waals surface area contributed by atoms with Crippen molar-refractivity contribution in [2.45, 2.75) is 12.5 Å². The first kappa shape index (κ1) is 11.9. The zero-order valence-corrected chi connectivity index (χ0v) is 8.60. The van der Waals surface area contributed by atoms with Gasteiger partial charge < -0.3 is 10.7 Å². The van der Waals surface area contributed by atoms with Crippen LogP contribution in [0.15, 0.2) is 30.5 Å². The maximum atomic E-state index is 12.3. The van der Waals surface area contributed by atoms with Crippen LogP contribution in [0.3, 0.4) is 0 Å². The molecule has 0 aliphatic heterocycles. The summed E-state index contributed by atoms with van der Waals surface area (Å²) in [5.74, 6) is 0. The number of aromatic amines is 1. The van der Waals surface area contributed by atoms with Crippen LogP contribution < -0.4 is 5.73 Å². The van der Waals surface area contributed by atoms with E-state index in [1.165, 1.54) is 0 Å². The Morgan fingerprint density at radius 1 is 1.20 bits per heavy atom. The average Bonchev–Trinajstić information content (AvgIpc) is 2.62. The van der Waals surface area contributed by atoms with Crippen LogP contribution in [-0.2, 0) is 0 Å². The minimum absolute atomic E-state index is 0. The molecule has 0 amide bonds. The van der Waals surface area contributed by atoms with Crippen LogP contribution in [0.1, 0.15) is 11.6 Å². The van der Waals surface area contributed by atoms with Crippen molar-refractivity contribution in [2.75, 3.05) is 0 Å². The van der Waals surface area contributed by atoms with E-state index in [4.69, 9.17) is 5.73 Å². The fourth-order valence-electron chi connectivity index (χ4n) is 1.42. The van der Waals surface area contributed by atoms with Crippen LogP contribution in [0.5, 0.6) is 0 Å². The maximum absolute atomic E-state index is 12.3. The van der Waals surface area contributed by atoms with E-state index >= 15 is 0 Å². The molecule has 1 atom stereocenters. The van der Waals surface area contributed by atoms with E-state index in [0.717, 1.165) is 10.9 Å². The fourth-order valence-corrected chi connectivity index (χ4v) is 1.42. The first-order valence-corrected chi connectivity index (χ1v) is 4.29. The van der Waals surface area contributed by atoms with Crippen LogP contribution >= 0.6 is 12.4 Å². The average molecular weight is 233 g/mol. The zero-order chi connectivity index (χ0) is 10.1. The largest absolute Gasteiger partial charge is 0.361 e. The lowest BCUT2D eigenvalue weighted by molar-refractivity contribution is 0.116. The third-order valence-corrected chi connectivity index (χ3v) is 2.23. The topological polar surface area (TPSA) is 41.8 Å². The Bertz CT molecular complexity index is 442. The van der Waals surface area contributed by atoms with Crippen molar-refractivity contribution in [3.05, 3.63) is 36.0 Å². The van der Waals surface area contributed by atoms with Crippen LogP contribution in [-0.4, -0.2) is 11.4 Å². The summed E-state index contributed by atoms with van der Waals surface area (Å²) in [6, 6.07) is 5.69. The Kier molecular flexibility index (Phi) is 3.66. The second-order valence-corrected chi connectivity index (χ2v) is 3.18. The predicted octanol–water partition coefficient (Wildman–Crippen LogP) is 2.85. The smallest absolute Gasteiger partial charge is 0.257 e.